The van der Waals surface area contributed by atoms with Crippen molar-refractivity contribution in [3.05, 3.63) is 60.0 Å². The third kappa shape index (κ3) is 3.30. The van der Waals surface area contributed by atoms with E-state index in [0.717, 1.165) is 16.2 Å². The summed E-state index contributed by atoms with van der Waals surface area (Å²) in [5, 5.41) is 5.64. The largest absolute Gasteiger partial charge is 0.352 e. The molecule has 1 aliphatic heterocycles. The maximum Gasteiger partial charge on any atom is 0.251 e. The molecule has 0 spiro atoms. The molecule has 1 aromatic carbocycles. The highest BCUT2D eigenvalue weighted by molar-refractivity contribution is 8.00. The van der Waals surface area contributed by atoms with Gasteiger partial charge in [0, 0.05) is 35.8 Å². The first-order valence-corrected chi connectivity index (χ1v) is 9.30. The van der Waals surface area contributed by atoms with Crippen LogP contribution in [0.15, 0.2) is 53.7 Å². The molecule has 0 fully saturated rings. The Morgan fingerprint density at radius 1 is 1.35 bits per heavy atom. The number of nitrogens with zero attached hydrogens (tertiary/aromatic N) is 2. The van der Waals surface area contributed by atoms with Crippen LogP contribution in [0.5, 0.6) is 0 Å². The van der Waals surface area contributed by atoms with Gasteiger partial charge in [0.1, 0.15) is 5.65 Å². The number of hydrogen-bond acceptors (Lipinski definition) is 4. The van der Waals surface area contributed by atoms with Crippen LogP contribution >= 0.6 is 11.8 Å². The minimum Gasteiger partial charge on any atom is -0.352 e. The lowest BCUT2D eigenvalue weighted by Crippen LogP contribution is -2.28. The summed E-state index contributed by atoms with van der Waals surface area (Å²) < 4.78 is 1.96. The fourth-order valence-corrected chi connectivity index (χ4v) is 3.79. The summed E-state index contributed by atoms with van der Waals surface area (Å²) in [5.41, 5.74) is 3.06. The third-order valence-electron chi connectivity index (χ3n) is 4.25. The Hall–Kier alpha value is -2.80. The Balaban J connectivity index is 1.39. The summed E-state index contributed by atoms with van der Waals surface area (Å²) in [5.74, 6) is -0.193. The summed E-state index contributed by atoms with van der Waals surface area (Å²) in [6.07, 6.45) is 4.57. The van der Waals surface area contributed by atoms with E-state index in [4.69, 9.17) is 0 Å². The number of thioether (sulfide) groups is 1. The van der Waals surface area contributed by atoms with E-state index >= 15 is 0 Å². The molecule has 0 radical (unpaired) electrons. The maximum absolute atomic E-state index is 12.4. The number of benzene rings is 1. The highest BCUT2D eigenvalue weighted by Crippen LogP contribution is 2.35. The summed E-state index contributed by atoms with van der Waals surface area (Å²) >= 11 is 1.50. The Morgan fingerprint density at radius 3 is 3.08 bits per heavy atom. The summed E-state index contributed by atoms with van der Waals surface area (Å²) in [6.45, 7) is 2.36. The lowest BCUT2D eigenvalue weighted by molar-refractivity contribution is -0.115. The maximum atomic E-state index is 12.4. The Morgan fingerprint density at radius 2 is 2.23 bits per heavy atom. The second-order valence-corrected chi connectivity index (χ2v) is 7.55. The van der Waals surface area contributed by atoms with Gasteiger partial charge in [-0.25, -0.2) is 4.98 Å². The number of fused-ring (bicyclic) bond motifs is 2. The normalized spacial score (nSPS) is 16.2. The van der Waals surface area contributed by atoms with Crippen molar-refractivity contribution in [2.24, 2.45) is 0 Å². The number of anilines is 1. The SMILES string of the molecule is CC1Sc2ccc(C(=O)NCCc3cn4ccccc4n3)cc2NC1=O. The highest BCUT2D eigenvalue weighted by Gasteiger charge is 2.23. The summed E-state index contributed by atoms with van der Waals surface area (Å²) in [7, 11) is 0. The van der Waals surface area contributed by atoms with Crippen LogP contribution in [0.25, 0.3) is 5.65 Å². The molecule has 0 bridgehead atoms. The third-order valence-corrected chi connectivity index (χ3v) is 5.43. The van der Waals surface area contributed by atoms with E-state index in [0.29, 0.717) is 24.2 Å². The van der Waals surface area contributed by atoms with Gasteiger partial charge in [-0.15, -0.1) is 11.8 Å². The molecule has 132 valence electrons. The number of pyridine rings is 1. The van der Waals surface area contributed by atoms with Crippen molar-refractivity contribution in [1.29, 1.82) is 0 Å². The molecule has 3 heterocycles. The monoisotopic (exact) mass is 366 g/mol. The van der Waals surface area contributed by atoms with Gasteiger partial charge in [0.2, 0.25) is 5.91 Å². The molecule has 0 saturated carbocycles. The van der Waals surface area contributed by atoms with Crippen molar-refractivity contribution in [3.63, 3.8) is 0 Å². The number of carbonyl (C=O) groups is 2. The van der Waals surface area contributed by atoms with Crippen molar-refractivity contribution in [1.82, 2.24) is 14.7 Å². The molecule has 2 amide bonds. The Bertz CT molecular complexity index is 965. The standard InChI is InChI=1S/C19H18N4O2S/c1-12-18(24)22-15-10-13(5-6-16(15)26-12)19(25)20-8-7-14-11-23-9-3-2-4-17(23)21-14/h2-6,9-12H,7-8H2,1H3,(H,20,25)(H,22,24). The first kappa shape index (κ1) is 16.7. The molecule has 1 aliphatic rings. The van der Waals surface area contributed by atoms with Crippen molar-refractivity contribution < 1.29 is 9.59 Å². The minimum atomic E-state index is -0.158. The van der Waals surface area contributed by atoms with E-state index in [1.165, 1.54) is 11.8 Å². The van der Waals surface area contributed by atoms with Crippen molar-refractivity contribution in [2.45, 2.75) is 23.5 Å². The van der Waals surface area contributed by atoms with E-state index in [9.17, 15) is 9.59 Å². The fraction of sp³-hybridized carbons (Fsp3) is 0.211. The molecular formula is C19H18N4O2S. The van der Waals surface area contributed by atoms with E-state index < -0.39 is 0 Å². The lowest BCUT2D eigenvalue weighted by Gasteiger charge is -2.21. The van der Waals surface area contributed by atoms with Crippen molar-refractivity contribution in [2.75, 3.05) is 11.9 Å². The number of carbonyl (C=O) groups excluding carboxylic acids is 2. The fourth-order valence-electron chi connectivity index (χ4n) is 2.86. The molecule has 2 aromatic heterocycles. The second kappa shape index (κ2) is 6.84. The predicted molar refractivity (Wildman–Crippen MR) is 102 cm³/mol. The zero-order chi connectivity index (χ0) is 18.1. The number of imidazole rings is 1. The first-order valence-electron chi connectivity index (χ1n) is 8.42. The number of hydrogen-bond donors (Lipinski definition) is 2. The van der Waals surface area contributed by atoms with Crippen LogP contribution in [-0.2, 0) is 11.2 Å². The molecule has 1 atom stereocenters. The summed E-state index contributed by atoms with van der Waals surface area (Å²) in [6, 6.07) is 11.2. The first-order chi connectivity index (χ1) is 12.6. The van der Waals surface area contributed by atoms with Gasteiger partial charge in [0.15, 0.2) is 0 Å². The van der Waals surface area contributed by atoms with Crippen molar-refractivity contribution >= 4 is 34.9 Å². The van der Waals surface area contributed by atoms with Crippen LogP contribution in [0.3, 0.4) is 0 Å². The van der Waals surface area contributed by atoms with Gasteiger partial charge in [-0.05, 0) is 37.3 Å². The summed E-state index contributed by atoms with van der Waals surface area (Å²) in [4.78, 5) is 29.7. The molecular weight excluding hydrogens is 348 g/mol. The van der Waals surface area contributed by atoms with Crippen LogP contribution in [0.2, 0.25) is 0 Å². The van der Waals surface area contributed by atoms with Gasteiger partial charge in [-0.2, -0.15) is 0 Å². The minimum absolute atomic E-state index is 0.0353. The van der Waals surface area contributed by atoms with Crippen molar-refractivity contribution in [3.8, 4) is 0 Å². The lowest BCUT2D eigenvalue weighted by atomic mass is 10.1. The highest BCUT2D eigenvalue weighted by atomic mass is 32.2. The molecule has 7 heteroatoms. The van der Waals surface area contributed by atoms with Crippen LogP contribution in [0.1, 0.15) is 23.0 Å². The number of amides is 2. The van der Waals surface area contributed by atoms with E-state index in [2.05, 4.69) is 15.6 Å². The van der Waals surface area contributed by atoms with E-state index in [1.807, 2.05) is 48.0 Å². The average Bonchev–Trinajstić information content (AvgIpc) is 3.05. The van der Waals surface area contributed by atoms with Gasteiger partial charge in [-0.3, -0.25) is 9.59 Å². The van der Waals surface area contributed by atoms with E-state index in [1.54, 1.807) is 12.1 Å². The molecule has 2 N–H and O–H groups in total. The van der Waals surface area contributed by atoms with Gasteiger partial charge >= 0.3 is 0 Å². The molecule has 0 aliphatic carbocycles. The topological polar surface area (TPSA) is 75.5 Å². The Kier molecular flexibility index (Phi) is 4.38. The Labute approximate surface area is 155 Å². The predicted octanol–water partition coefficient (Wildman–Crippen LogP) is 2.74. The smallest absolute Gasteiger partial charge is 0.251 e. The zero-order valence-corrected chi connectivity index (χ0v) is 15.0. The van der Waals surface area contributed by atoms with Crippen LogP contribution in [0, 0.1) is 0 Å². The molecule has 6 nitrogen and oxygen atoms in total. The van der Waals surface area contributed by atoms with Gasteiger partial charge in [0.05, 0.1) is 16.6 Å². The van der Waals surface area contributed by atoms with Crippen LogP contribution in [-0.4, -0.2) is 33.0 Å². The molecule has 1 unspecified atom stereocenters. The average molecular weight is 366 g/mol. The van der Waals surface area contributed by atoms with Gasteiger partial charge < -0.3 is 15.0 Å². The second-order valence-electron chi connectivity index (χ2n) is 6.16. The van der Waals surface area contributed by atoms with E-state index in [-0.39, 0.29) is 17.1 Å². The van der Waals surface area contributed by atoms with Gasteiger partial charge in [0.25, 0.3) is 5.91 Å². The molecule has 26 heavy (non-hydrogen) atoms. The quantitative estimate of drug-likeness (QED) is 0.744. The number of aromatic nitrogens is 2. The van der Waals surface area contributed by atoms with Gasteiger partial charge in [-0.1, -0.05) is 6.07 Å². The number of nitrogens with one attached hydrogen (secondary N) is 2. The molecule has 4 rings (SSSR count). The zero-order valence-electron chi connectivity index (χ0n) is 14.2. The number of rotatable bonds is 4. The van der Waals surface area contributed by atoms with Crippen LogP contribution < -0.4 is 10.6 Å². The molecule has 3 aromatic rings. The molecule has 0 saturated heterocycles. The van der Waals surface area contributed by atoms with Crippen LogP contribution in [0.4, 0.5) is 5.69 Å².